The second-order valence-electron chi connectivity index (χ2n) is 4.09. The Bertz CT molecular complexity index is 616. The van der Waals surface area contributed by atoms with Gasteiger partial charge in [-0.05, 0) is 23.3 Å². The van der Waals surface area contributed by atoms with Crippen LogP contribution in [-0.4, -0.2) is 4.21 Å². The van der Waals surface area contributed by atoms with Crippen LogP contribution in [-0.2, 0) is 23.1 Å². The molecule has 0 aliphatic rings. The quantitative estimate of drug-likeness (QED) is 0.936. The predicted octanol–water partition coefficient (Wildman–Crippen LogP) is 2.73. The molecule has 0 aromatic heterocycles. The van der Waals surface area contributed by atoms with Crippen molar-refractivity contribution in [2.45, 2.75) is 17.2 Å². The average Bonchev–Trinajstić information content (AvgIpc) is 2.38. The third-order valence-electron chi connectivity index (χ3n) is 2.66. The van der Waals surface area contributed by atoms with Gasteiger partial charge in [-0.25, -0.2) is 8.78 Å². The van der Waals surface area contributed by atoms with Gasteiger partial charge in [-0.2, -0.15) is 0 Å². The lowest BCUT2D eigenvalue weighted by atomic mass is 10.1. The van der Waals surface area contributed by atoms with Crippen molar-refractivity contribution in [3.63, 3.8) is 0 Å². The number of nitrogens with two attached hydrogens (primary N) is 1. The van der Waals surface area contributed by atoms with Crippen LogP contribution in [0.2, 0.25) is 0 Å². The molecule has 0 aliphatic heterocycles. The standard InChI is InChI=1S/C14H13F2NOS/c15-12-4-5-14(13(16)7-12)19(18)9-11-3-1-2-10(6-11)8-17/h1-7H,8-9,17H2. The molecule has 0 saturated carbocycles. The summed E-state index contributed by atoms with van der Waals surface area (Å²) in [5.74, 6) is -1.28. The molecule has 0 aliphatic carbocycles. The summed E-state index contributed by atoms with van der Waals surface area (Å²) in [6.07, 6.45) is 0. The predicted molar refractivity (Wildman–Crippen MR) is 70.8 cm³/mol. The van der Waals surface area contributed by atoms with E-state index >= 15 is 0 Å². The van der Waals surface area contributed by atoms with Crippen LogP contribution in [0.15, 0.2) is 47.4 Å². The summed E-state index contributed by atoms with van der Waals surface area (Å²) in [6.45, 7) is 0.394. The molecule has 100 valence electrons. The molecule has 2 aromatic rings. The molecule has 0 fully saturated rings. The summed E-state index contributed by atoms with van der Waals surface area (Å²) < 4.78 is 38.3. The van der Waals surface area contributed by atoms with E-state index in [1.165, 1.54) is 6.07 Å². The Morgan fingerprint density at radius 1 is 1.05 bits per heavy atom. The van der Waals surface area contributed by atoms with E-state index in [-0.39, 0.29) is 10.6 Å². The van der Waals surface area contributed by atoms with Crippen molar-refractivity contribution in [3.05, 3.63) is 65.2 Å². The molecule has 0 radical (unpaired) electrons. The molecule has 2 N–H and O–H groups in total. The first-order valence-electron chi connectivity index (χ1n) is 5.71. The second kappa shape index (κ2) is 6.04. The summed E-state index contributed by atoms with van der Waals surface area (Å²) in [6, 6.07) is 10.4. The lowest BCUT2D eigenvalue weighted by molar-refractivity contribution is 0.562. The van der Waals surface area contributed by atoms with Crippen molar-refractivity contribution in [2.75, 3.05) is 0 Å². The lowest BCUT2D eigenvalue weighted by Gasteiger charge is -2.05. The first kappa shape index (κ1) is 13.8. The van der Waals surface area contributed by atoms with Gasteiger partial charge in [0, 0.05) is 12.6 Å². The fourth-order valence-corrected chi connectivity index (χ4v) is 2.87. The Hall–Kier alpha value is -1.59. The maximum absolute atomic E-state index is 13.5. The van der Waals surface area contributed by atoms with Crippen molar-refractivity contribution in [2.24, 2.45) is 5.73 Å². The van der Waals surface area contributed by atoms with Crippen LogP contribution in [0.3, 0.4) is 0 Å². The van der Waals surface area contributed by atoms with Gasteiger partial charge < -0.3 is 5.73 Å². The Morgan fingerprint density at radius 2 is 1.79 bits per heavy atom. The first-order valence-corrected chi connectivity index (χ1v) is 7.03. The topological polar surface area (TPSA) is 43.1 Å². The molecule has 1 atom stereocenters. The van der Waals surface area contributed by atoms with E-state index in [2.05, 4.69) is 0 Å². The fraction of sp³-hybridized carbons (Fsp3) is 0.143. The molecule has 2 rings (SSSR count). The summed E-state index contributed by atoms with van der Waals surface area (Å²) in [5, 5.41) is 0. The smallest absolute Gasteiger partial charge is 0.142 e. The monoisotopic (exact) mass is 281 g/mol. The lowest BCUT2D eigenvalue weighted by Crippen LogP contribution is -2.02. The van der Waals surface area contributed by atoms with Gasteiger partial charge in [-0.1, -0.05) is 24.3 Å². The minimum atomic E-state index is -1.55. The molecule has 2 aromatic carbocycles. The largest absolute Gasteiger partial charge is 0.326 e. The van der Waals surface area contributed by atoms with E-state index in [0.29, 0.717) is 6.54 Å². The highest BCUT2D eigenvalue weighted by Crippen LogP contribution is 2.17. The van der Waals surface area contributed by atoms with Crippen molar-refractivity contribution < 1.29 is 13.0 Å². The molecule has 0 bridgehead atoms. The van der Waals surface area contributed by atoms with Crippen molar-refractivity contribution in [1.29, 1.82) is 0 Å². The fourth-order valence-electron chi connectivity index (χ4n) is 1.74. The van der Waals surface area contributed by atoms with Gasteiger partial charge >= 0.3 is 0 Å². The Morgan fingerprint density at radius 3 is 2.47 bits per heavy atom. The molecular weight excluding hydrogens is 268 g/mol. The van der Waals surface area contributed by atoms with Gasteiger partial charge in [0.1, 0.15) is 11.6 Å². The molecule has 2 nitrogen and oxygen atoms in total. The maximum Gasteiger partial charge on any atom is 0.142 e. The van der Waals surface area contributed by atoms with Crippen LogP contribution in [0.1, 0.15) is 11.1 Å². The Balaban J connectivity index is 2.20. The molecular formula is C14H13F2NOS. The highest BCUT2D eigenvalue weighted by Gasteiger charge is 2.11. The molecule has 1 unspecified atom stereocenters. The van der Waals surface area contributed by atoms with Crippen LogP contribution in [0.4, 0.5) is 8.78 Å². The van der Waals surface area contributed by atoms with E-state index in [4.69, 9.17) is 5.73 Å². The van der Waals surface area contributed by atoms with Crippen LogP contribution in [0.25, 0.3) is 0 Å². The number of rotatable bonds is 4. The van der Waals surface area contributed by atoms with E-state index in [0.717, 1.165) is 23.3 Å². The van der Waals surface area contributed by atoms with Crippen molar-refractivity contribution in [1.82, 2.24) is 0 Å². The summed E-state index contributed by atoms with van der Waals surface area (Å²) in [7, 11) is -1.55. The van der Waals surface area contributed by atoms with E-state index < -0.39 is 22.4 Å². The molecule has 0 amide bonds. The average molecular weight is 281 g/mol. The Labute approximate surface area is 112 Å². The number of halogens is 2. The molecule has 19 heavy (non-hydrogen) atoms. The van der Waals surface area contributed by atoms with Gasteiger partial charge in [-0.15, -0.1) is 0 Å². The van der Waals surface area contributed by atoms with Crippen LogP contribution in [0, 0.1) is 11.6 Å². The maximum atomic E-state index is 13.5. The van der Waals surface area contributed by atoms with Gasteiger partial charge in [-0.3, -0.25) is 4.21 Å². The third kappa shape index (κ3) is 3.45. The van der Waals surface area contributed by atoms with E-state index in [9.17, 15) is 13.0 Å². The zero-order valence-electron chi connectivity index (χ0n) is 10.1. The van der Waals surface area contributed by atoms with Crippen LogP contribution < -0.4 is 5.73 Å². The SMILES string of the molecule is NCc1cccc(CS(=O)c2ccc(F)cc2F)c1. The molecule has 0 spiro atoms. The Kier molecular flexibility index (Phi) is 4.39. The zero-order valence-corrected chi connectivity index (χ0v) is 10.9. The van der Waals surface area contributed by atoms with Gasteiger partial charge in [0.25, 0.3) is 0 Å². The number of benzene rings is 2. The van der Waals surface area contributed by atoms with Crippen LogP contribution in [0.5, 0.6) is 0 Å². The highest BCUT2D eigenvalue weighted by molar-refractivity contribution is 7.84. The second-order valence-corrected chi connectivity index (χ2v) is 5.51. The minimum Gasteiger partial charge on any atom is -0.326 e. The van der Waals surface area contributed by atoms with Gasteiger partial charge in [0.15, 0.2) is 0 Å². The highest BCUT2D eigenvalue weighted by atomic mass is 32.2. The van der Waals surface area contributed by atoms with E-state index in [1.54, 1.807) is 6.07 Å². The first-order chi connectivity index (χ1) is 9.10. The summed E-state index contributed by atoms with van der Waals surface area (Å²) >= 11 is 0. The van der Waals surface area contributed by atoms with Crippen LogP contribution >= 0.6 is 0 Å². The minimum absolute atomic E-state index is 0.0135. The normalized spacial score (nSPS) is 12.4. The number of hydrogen-bond donors (Lipinski definition) is 1. The summed E-state index contributed by atoms with van der Waals surface area (Å²) in [4.78, 5) is 0.0135. The van der Waals surface area contributed by atoms with E-state index in [1.807, 2.05) is 18.2 Å². The van der Waals surface area contributed by atoms with Crippen molar-refractivity contribution in [3.8, 4) is 0 Å². The molecule has 0 saturated heterocycles. The molecule has 5 heteroatoms. The summed E-state index contributed by atoms with van der Waals surface area (Å²) in [5.41, 5.74) is 7.26. The van der Waals surface area contributed by atoms with Crippen molar-refractivity contribution >= 4 is 10.8 Å². The third-order valence-corrected chi connectivity index (χ3v) is 4.08. The number of hydrogen-bond acceptors (Lipinski definition) is 2. The van der Waals surface area contributed by atoms with Gasteiger partial charge in [0.05, 0.1) is 21.4 Å². The zero-order chi connectivity index (χ0) is 13.8. The molecule has 0 heterocycles. The van der Waals surface area contributed by atoms with Gasteiger partial charge in [0.2, 0.25) is 0 Å².